The molecule has 0 radical (unpaired) electrons. The molecule has 0 spiro atoms. The fraction of sp³-hybridized carbons (Fsp3) is 0.655. The summed E-state index contributed by atoms with van der Waals surface area (Å²) in [6.45, 7) is 11.1. The quantitative estimate of drug-likeness (QED) is 0.347. The third-order valence-electron chi connectivity index (χ3n) is 11.4. The maximum absolute atomic E-state index is 13.4. The molecule has 0 aromatic heterocycles. The molecule has 4 aliphatic carbocycles. The van der Waals surface area contributed by atoms with Crippen LogP contribution < -0.4 is 0 Å². The minimum absolute atomic E-state index is 0.0929. The van der Waals surface area contributed by atoms with E-state index in [0.29, 0.717) is 5.56 Å². The third kappa shape index (κ3) is 2.83. The van der Waals surface area contributed by atoms with Gasteiger partial charge in [0.05, 0.1) is 18.1 Å². The first-order valence-electron chi connectivity index (χ1n) is 12.8. The highest BCUT2D eigenvalue weighted by Gasteiger charge is 2.67. The van der Waals surface area contributed by atoms with Gasteiger partial charge in [0.2, 0.25) is 5.75 Å². The van der Waals surface area contributed by atoms with Crippen LogP contribution in [0.15, 0.2) is 17.7 Å². The number of methoxy groups -OCH3 is 1. The molecule has 3 fully saturated rings. The third-order valence-corrected chi connectivity index (χ3v) is 11.4. The van der Waals surface area contributed by atoms with Crippen molar-refractivity contribution in [3.63, 3.8) is 0 Å². The average Bonchev–Trinajstić information content (AvgIpc) is 2.81. The molecule has 0 aliphatic heterocycles. The number of carbonyl (C=O) groups is 2. The van der Waals surface area contributed by atoms with Gasteiger partial charge in [-0.25, -0.2) is 0 Å². The number of allylic oxidation sites excluding steroid dienone is 2. The first-order valence-corrected chi connectivity index (χ1v) is 12.8. The Morgan fingerprint density at radius 1 is 0.943 bits per heavy atom. The minimum Gasteiger partial charge on any atom is -0.504 e. The average molecular weight is 483 g/mol. The molecule has 0 saturated heterocycles. The molecule has 5 rings (SSSR count). The number of carbonyl (C=O) groups excluding carboxylic acids is 2. The van der Waals surface area contributed by atoms with E-state index in [9.17, 15) is 24.9 Å². The molecule has 4 aliphatic rings. The van der Waals surface area contributed by atoms with Crippen LogP contribution in [0.5, 0.6) is 17.2 Å². The first-order chi connectivity index (χ1) is 16.2. The minimum atomic E-state index is -0.651. The van der Waals surface area contributed by atoms with Crippen molar-refractivity contribution in [2.45, 2.75) is 85.0 Å². The molecule has 1 aromatic rings. The Morgan fingerprint density at radius 2 is 1.60 bits per heavy atom. The van der Waals surface area contributed by atoms with Crippen LogP contribution in [-0.4, -0.2) is 34.2 Å². The fourth-order valence-corrected chi connectivity index (χ4v) is 8.74. The van der Waals surface area contributed by atoms with Gasteiger partial charge < -0.3 is 20.1 Å². The zero-order valence-corrected chi connectivity index (χ0v) is 21.7. The molecule has 3 saturated carbocycles. The molecule has 0 heterocycles. The van der Waals surface area contributed by atoms with E-state index in [1.54, 1.807) is 6.08 Å². The van der Waals surface area contributed by atoms with Crippen molar-refractivity contribution in [2.24, 2.45) is 27.6 Å². The number of phenols is 3. The lowest BCUT2D eigenvalue weighted by Gasteiger charge is -2.69. The summed E-state index contributed by atoms with van der Waals surface area (Å²) in [5.74, 6) is -1.79. The zero-order chi connectivity index (χ0) is 25.8. The summed E-state index contributed by atoms with van der Waals surface area (Å²) in [6.07, 6.45) is 7.86. The van der Waals surface area contributed by atoms with E-state index in [4.69, 9.17) is 4.74 Å². The Bertz CT molecular complexity index is 1180. The van der Waals surface area contributed by atoms with Gasteiger partial charge in [0.1, 0.15) is 0 Å². The van der Waals surface area contributed by atoms with E-state index in [0.717, 1.165) is 50.5 Å². The second-order valence-corrected chi connectivity index (χ2v) is 13.0. The van der Waals surface area contributed by atoms with E-state index < -0.39 is 28.1 Å². The fourth-order valence-electron chi connectivity index (χ4n) is 8.74. The topological polar surface area (TPSA) is 104 Å². The standard InChI is InChI=1S/C29H38O6/c1-25-7-8-26(2,24(34)35-6)15-20(25)29(5)12-10-27(3)16-13-18(31)22(32)23(33)21(16)17(30)14-19(27)28(29,4)11-9-25/h13-14,20,31-33H,7-12,15H2,1-6H3/t20-,25-,26-,27+,28-,29+/m1/s1. The maximum Gasteiger partial charge on any atom is 0.311 e. The van der Waals surface area contributed by atoms with Crippen molar-refractivity contribution in [2.75, 3.05) is 7.11 Å². The molecule has 0 unspecified atom stereocenters. The highest BCUT2D eigenvalue weighted by Crippen LogP contribution is 2.74. The summed E-state index contributed by atoms with van der Waals surface area (Å²) in [4.78, 5) is 26.2. The molecule has 6 heteroatoms. The lowest BCUT2D eigenvalue weighted by Crippen LogP contribution is -2.62. The van der Waals surface area contributed by atoms with Crippen LogP contribution in [0.4, 0.5) is 0 Å². The number of rotatable bonds is 1. The Kier molecular flexibility index (Phi) is 4.87. The highest BCUT2D eigenvalue weighted by atomic mass is 16.5. The van der Waals surface area contributed by atoms with Gasteiger partial charge >= 0.3 is 5.97 Å². The van der Waals surface area contributed by atoms with Crippen LogP contribution in [0.25, 0.3) is 0 Å². The van der Waals surface area contributed by atoms with Gasteiger partial charge in [0.25, 0.3) is 0 Å². The van der Waals surface area contributed by atoms with E-state index in [1.165, 1.54) is 13.2 Å². The molecule has 3 N–H and O–H groups in total. The summed E-state index contributed by atoms with van der Waals surface area (Å²) >= 11 is 0. The summed E-state index contributed by atoms with van der Waals surface area (Å²) < 4.78 is 5.22. The van der Waals surface area contributed by atoms with Gasteiger partial charge in [-0.15, -0.1) is 0 Å². The Morgan fingerprint density at radius 3 is 2.26 bits per heavy atom. The Hall–Kier alpha value is -2.50. The van der Waals surface area contributed by atoms with Crippen molar-refractivity contribution >= 4 is 11.8 Å². The molecular formula is C29H38O6. The largest absolute Gasteiger partial charge is 0.504 e. The Labute approximate surface area is 207 Å². The number of hydrogen-bond donors (Lipinski definition) is 3. The second-order valence-electron chi connectivity index (χ2n) is 13.0. The van der Waals surface area contributed by atoms with E-state index in [-0.39, 0.29) is 39.5 Å². The molecule has 6 atom stereocenters. The van der Waals surface area contributed by atoms with E-state index in [2.05, 4.69) is 27.7 Å². The summed E-state index contributed by atoms with van der Waals surface area (Å²) in [7, 11) is 1.47. The zero-order valence-electron chi connectivity index (χ0n) is 21.7. The molecule has 35 heavy (non-hydrogen) atoms. The van der Waals surface area contributed by atoms with Gasteiger partial charge in [0, 0.05) is 5.41 Å². The number of esters is 1. The summed E-state index contributed by atoms with van der Waals surface area (Å²) in [5, 5.41) is 31.0. The lowest BCUT2D eigenvalue weighted by atomic mass is 9.34. The van der Waals surface area contributed by atoms with Crippen LogP contribution in [-0.2, 0) is 14.9 Å². The van der Waals surface area contributed by atoms with Gasteiger partial charge in [-0.2, -0.15) is 0 Å². The summed E-state index contributed by atoms with van der Waals surface area (Å²) in [5.41, 5.74) is 0.355. The number of ketones is 1. The molecular weight excluding hydrogens is 444 g/mol. The SMILES string of the molecule is COC(=O)[C@]1(C)CC[C@]2(C)CC[C@]3(C)C4=CC(=O)c5c(cc(O)c(O)c5O)[C@]4(C)CC[C@@]3(C)[C@@H]2C1. The number of phenolic OH excluding ortho intramolecular Hbond substituents is 3. The predicted octanol–water partition coefficient (Wildman–Crippen LogP) is 5.77. The predicted molar refractivity (Wildman–Crippen MR) is 131 cm³/mol. The van der Waals surface area contributed by atoms with Gasteiger partial charge in [-0.05, 0) is 97.3 Å². The number of aromatic hydroxyl groups is 3. The van der Waals surface area contributed by atoms with Crippen molar-refractivity contribution in [1.82, 2.24) is 0 Å². The molecule has 0 amide bonds. The molecule has 6 nitrogen and oxygen atoms in total. The first kappa shape index (κ1) is 24.2. The lowest BCUT2D eigenvalue weighted by molar-refractivity contribution is -0.179. The molecule has 190 valence electrons. The van der Waals surface area contributed by atoms with Gasteiger partial charge in [-0.1, -0.05) is 27.7 Å². The van der Waals surface area contributed by atoms with Crippen molar-refractivity contribution in [1.29, 1.82) is 0 Å². The van der Waals surface area contributed by atoms with Crippen molar-refractivity contribution in [3.05, 3.63) is 28.8 Å². The summed E-state index contributed by atoms with van der Waals surface area (Å²) in [6, 6.07) is 1.46. The van der Waals surface area contributed by atoms with Crippen LogP contribution in [0, 0.1) is 27.6 Å². The van der Waals surface area contributed by atoms with Crippen molar-refractivity contribution < 1.29 is 29.6 Å². The maximum atomic E-state index is 13.4. The highest BCUT2D eigenvalue weighted by molar-refractivity contribution is 6.11. The smallest absolute Gasteiger partial charge is 0.311 e. The van der Waals surface area contributed by atoms with Crippen LogP contribution >= 0.6 is 0 Å². The number of fused-ring (bicyclic) bond motifs is 7. The molecule has 1 aromatic carbocycles. The second kappa shape index (κ2) is 7.04. The monoisotopic (exact) mass is 482 g/mol. The van der Waals surface area contributed by atoms with E-state index in [1.807, 2.05) is 6.92 Å². The normalized spacial score (nSPS) is 42.2. The van der Waals surface area contributed by atoms with Crippen LogP contribution in [0.1, 0.15) is 95.5 Å². The van der Waals surface area contributed by atoms with Crippen molar-refractivity contribution in [3.8, 4) is 17.2 Å². The molecule has 0 bridgehead atoms. The number of ether oxygens (including phenoxy) is 1. The van der Waals surface area contributed by atoms with Gasteiger partial charge in [-0.3, -0.25) is 9.59 Å². The van der Waals surface area contributed by atoms with E-state index >= 15 is 0 Å². The Balaban J connectivity index is 1.65. The number of hydrogen-bond acceptors (Lipinski definition) is 6. The van der Waals surface area contributed by atoms with Crippen LogP contribution in [0.3, 0.4) is 0 Å². The van der Waals surface area contributed by atoms with Crippen LogP contribution in [0.2, 0.25) is 0 Å². The number of benzene rings is 1. The van der Waals surface area contributed by atoms with Gasteiger partial charge in [0.15, 0.2) is 17.3 Å².